The minimum atomic E-state index is 0.160. The lowest BCUT2D eigenvalue weighted by atomic mass is 9.82. The summed E-state index contributed by atoms with van der Waals surface area (Å²) in [7, 11) is 4.43. The molecule has 1 aliphatic carbocycles. The summed E-state index contributed by atoms with van der Waals surface area (Å²) in [6.07, 6.45) is 0. The molecule has 1 saturated heterocycles. The maximum Gasteiger partial charge on any atom is 0.0488 e. The Kier molecular flexibility index (Phi) is 45.5. The van der Waals surface area contributed by atoms with Crippen molar-refractivity contribution in [3.8, 4) is 11.1 Å². The highest BCUT2D eigenvalue weighted by atomic mass is 32.2. The number of aromatic nitrogens is 1. The van der Waals surface area contributed by atoms with Crippen LogP contribution in [0.3, 0.4) is 0 Å². The quantitative estimate of drug-likeness (QED) is 0.140. The van der Waals surface area contributed by atoms with Crippen LogP contribution in [-0.2, 0) is 12.5 Å². The average molecular weight is 2030 g/mol. The maximum absolute atomic E-state index is 2.62. The van der Waals surface area contributed by atoms with Gasteiger partial charge in [-0.05, 0) is 383 Å². The lowest BCUT2D eigenvalue weighted by Gasteiger charge is -2.25. The summed E-state index contributed by atoms with van der Waals surface area (Å²) in [4.78, 5) is 11.3. The van der Waals surface area contributed by atoms with E-state index in [4.69, 9.17) is 0 Å². The minimum Gasteiger partial charge on any atom is -0.344 e. The van der Waals surface area contributed by atoms with E-state index >= 15 is 0 Å². The number of para-hydroxylation sites is 2. The van der Waals surface area contributed by atoms with E-state index in [0.29, 0.717) is 12.1 Å². The largest absolute Gasteiger partial charge is 0.344 e. The molecule has 2 nitrogen and oxygen atoms in total. The molecule has 8 heterocycles. The predicted octanol–water partition coefficient (Wildman–Crippen LogP) is 45.9. The van der Waals surface area contributed by atoms with Crippen LogP contribution in [-0.4, -0.2) is 39.1 Å². The second-order valence-corrected chi connectivity index (χ2v) is 42.6. The van der Waals surface area contributed by atoms with Crippen molar-refractivity contribution < 1.29 is 0 Å². The fraction of sp³-hybridized carbons (Fsp3) is 0.299. The van der Waals surface area contributed by atoms with Crippen molar-refractivity contribution in [2.75, 3.05) is 7.05 Å². The number of hydrogen-bond acceptors (Lipinski definition) is 7. The molecule has 1 fully saturated rings. The highest BCUT2D eigenvalue weighted by Gasteiger charge is 2.54. The molecule has 0 amide bonds. The summed E-state index contributed by atoms with van der Waals surface area (Å²) in [5, 5.41) is 33.5. The fourth-order valence-electron chi connectivity index (χ4n) is 19.9. The first kappa shape index (κ1) is 117. The Morgan fingerprint density at radius 3 is 0.717 bits per heavy atom. The third-order valence-electron chi connectivity index (χ3n) is 26.4. The number of allylic oxidation sites excluding steroid dienone is 2. The molecule has 758 valence electrons. The molecule has 17 aromatic carbocycles. The third kappa shape index (κ3) is 25.8. The second-order valence-electron chi connectivity index (χ2n) is 34.7. The molecule has 0 radical (unpaired) electrons. The molecule has 0 bridgehead atoms. The number of likely N-dealkylation sites (N-methyl/N-ethyl adjacent to an activating group) is 1. The van der Waals surface area contributed by atoms with Crippen LogP contribution in [0.2, 0.25) is 0 Å². The Labute approximate surface area is 896 Å². The zero-order valence-corrected chi connectivity index (χ0v) is 99.1. The van der Waals surface area contributed by atoms with E-state index in [2.05, 4.69) is 446 Å². The number of thioether (sulfide) groups is 2. The number of aryl methyl sites for hydroxylation is 7. The van der Waals surface area contributed by atoms with Gasteiger partial charge < -0.3 is 4.57 Å². The summed E-state index contributed by atoms with van der Waals surface area (Å²) in [6.45, 7) is 71.1. The van der Waals surface area contributed by atoms with E-state index in [9.17, 15) is 0 Å². The summed E-state index contributed by atoms with van der Waals surface area (Å²) < 4.78 is 7.96. The number of likely N-dealkylation sites (tertiary alicyclic amines) is 1. The normalized spacial score (nSPS) is 14.3. The topological polar surface area (TPSA) is 8.17 Å². The molecule has 0 N–H and O–H groups in total. The van der Waals surface area contributed by atoms with Crippen LogP contribution in [0.15, 0.2) is 336 Å². The Hall–Kier alpha value is -11.1. The number of benzene rings is 17. The van der Waals surface area contributed by atoms with Gasteiger partial charge in [0.1, 0.15) is 0 Å². The Morgan fingerprint density at radius 2 is 0.441 bits per heavy atom. The van der Waals surface area contributed by atoms with E-state index in [0.717, 1.165) is 10.5 Å². The van der Waals surface area contributed by atoms with Gasteiger partial charge >= 0.3 is 0 Å². The lowest BCUT2D eigenvalue weighted by Crippen LogP contribution is -2.35. The van der Waals surface area contributed by atoms with Crippen molar-refractivity contribution >= 4 is 228 Å². The van der Waals surface area contributed by atoms with Crippen LogP contribution >= 0.6 is 68.9 Å². The standard InChI is InChI=1S/C22H14.C20H14S2.C18H12.C15H14.C14H14S2.C13H19NS2.C13H11N.11C2H6/c1-2-6-16-10-20-14-22-12-18-8-4-3-7-17(18)11-21(22)13-19(20)9-15(16)5-1;1-11-3-17-7-13-5-16-10-20-18(4-12(2)22-20)8-14(16)6-15(13)9-19(17)21-11;1-2-6-14-10-18-12-16-8-4-3-7-15(16)11-17(18)9-13(14)5-1;1-15(2)13-9-5-3-7-11(13)12-8-4-6-10-14(12)15;1-7-5-11-9(3)14-12(6-8(2)16-14)10(4)13(11)15-7;1-6-8(3)15-12-10(6)14(5)11-7(2)9(4)16-13(11)12;1-14-12-8-4-2-6-10(12)11-7-3-5-9-13(11)14;11*1-2/h1-14H;3-10H,1-2H3;1-12H;3-10H,1-2H3;5-6H,1-4H3;10-13H,1-5H3;2-9H,1H3;11*1-2H3. The summed E-state index contributed by atoms with van der Waals surface area (Å²) >= 11 is 11.8. The van der Waals surface area contributed by atoms with Crippen molar-refractivity contribution in [2.24, 2.45) is 7.05 Å². The molecule has 26 rings (SSSR count). The number of rotatable bonds is 0. The molecule has 4 unspecified atom stereocenters. The summed E-state index contributed by atoms with van der Waals surface area (Å²) in [5.41, 5.74) is 14.6. The molecule has 0 spiro atoms. The van der Waals surface area contributed by atoms with Crippen molar-refractivity contribution in [1.82, 2.24) is 9.47 Å². The monoisotopic (exact) mass is 2030 g/mol. The van der Waals surface area contributed by atoms with E-state index in [-0.39, 0.29) is 5.41 Å². The molecule has 0 saturated carbocycles. The summed E-state index contributed by atoms with van der Waals surface area (Å²) in [5.74, 6) is 0. The van der Waals surface area contributed by atoms with Gasteiger partial charge in [0, 0.05) is 95.2 Å². The van der Waals surface area contributed by atoms with Gasteiger partial charge in [0.25, 0.3) is 0 Å². The van der Waals surface area contributed by atoms with Gasteiger partial charge in [-0.15, -0.1) is 68.9 Å². The number of hydrogen-bond donors (Lipinski definition) is 0. The molecule has 3 aliphatic heterocycles. The molecule has 4 aliphatic rings. The predicted molar refractivity (Wildman–Crippen MR) is 677 cm³/mol. The molecule has 5 aromatic heterocycles. The minimum absolute atomic E-state index is 0.160. The molecule has 4 atom stereocenters. The molecule has 8 heteroatoms. The highest BCUT2D eigenvalue weighted by molar-refractivity contribution is 8.07. The van der Waals surface area contributed by atoms with Gasteiger partial charge in [-0.2, -0.15) is 0 Å². The first-order valence-electron chi connectivity index (χ1n) is 53.9. The van der Waals surface area contributed by atoms with E-state index in [1.807, 2.05) is 198 Å². The van der Waals surface area contributed by atoms with Crippen LogP contribution in [0.4, 0.5) is 0 Å². The Balaban J connectivity index is 0.000000183. The molecular weight excluding hydrogens is 1870 g/mol. The smallest absolute Gasteiger partial charge is 0.0488 e. The van der Waals surface area contributed by atoms with Crippen molar-refractivity contribution in [1.29, 1.82) is 0 Å². The average Bonchev–Trinajstić information content (AvgIpc) is 1.57. The van der Waals surface area contributed by atoms with Crippen LogP contribution in [0.1, 0.15) is 236 Å². The number of fused-ring (bicyclic) bond motifs is 22. The van der Waals surface area contributed by atoms with E-state index in [1.54, 1.807) is 21.0 Å². The summed E-state index contributed by atoms with van der Waals surface area (Å²) in [6, 6.07) is 116. The van der Waals surface area contributed by atoms with Crippen molar-refractivity contribution in [3.63, 3.8) is 0 Å². The number of nitrogens with zero attached hydrogens (tertiary/aromatic N) is 2. The van der Waals surface area contributed by atoms with Gasteiger partial charge in [-0.1, -0.05) is 348 Å². The van der Waals surface area contributed by atoms with Crippen LogP contribution in [0, 0.1) is 41.5 Å². The van der Waals surface area contributed by atoms with Crippen LogP contribution in [0.5, 0.6) is 0 Å². The Morgan fingerprint density at radius 1 is 0.221 bits per heavy atom. The fourth-order valence-corrected chi connectivity index (χ4v) is 27.4. The van der Waals surface area contributed by atoms with Gasteiger partial charge in [-0.25, -0.2) is 0 Å². The van der Waals surface area contributed by atoms with Crippen LogP contribution < -0.4 is 0 Å². The van der Waals surface area contributed by atoms with E-state index < -0.39 is 0 Å². The third-order valence-corrected chi connectivity index (χ3v) is 33.9. The number of thiophene rings is 4. The van der Waals surface area contributed by atoms with Gasteiger partial charge in [-0.3, -0.25) is 4.90 Å². The van der Waals surface area contributed by atoms with Gasteiger partial charge in [0.15, 0.2) is 0 Å². The first-order chi connectivity index (χ1) is 70.6. The highest BCUT2D eigenvalue weighted by Crippen LogP contribution is 2.57. The SMILES string of the molecule is CC.CC.CC.CC.CC.CC.CC.CC.CC.CC.CC.CC1(C)c2ccccc2-c2ccccc21.CC1=C(C)C2C(S1)C1SC(C)=C(C)C1N2C.Cc1cc2c(C)c3sc(C)cc3c(C)c2s1.Cc1cc2cc3cc4cc5sc(C)cc5cc4cc3cc2s1.Cn1c2ccccc2c2ccccc21.c1ccc2cc3cc4cc5ccccc5cc4cc3cc2c1.c1ccc2cc3cc4ccccc4cc3cc2c1. The van der Waals surface area contributed by atoms with Crippen molar-refractivity contribution in [2.45, 2.75) is 263 Å². The van der Waals surface area contributed by atoms with Gasteiger partial charge in [0.05, 0.1) is 0 Å². The maximum atomic E-state index is 2.62. The van der Waals surface area contributed by atoms with E-state index in [1.165, 1.54) is 212 Å². The second kappa shape index (κ2) is 56.1. The first-order valence-corrected chi connectivity index (χ1v) is 58.9. The molecule has 145 heavy (non-hydrogen) atoms. The van der Waals surface area contributed by atoms with Crippen LogP contribution in [0.25, 0.3) is 170 Å². The zero-order chi connectivity index (χ0) is 106. The zero-order valence-electron chi connectivity index (χ0n) is 94.2. The van der Waals surface area contributed by atoms with Gasteiger partial charge in [0.2, 0.25) is 0 Å². The van der Waals surface area contributed by atoms with Crippen molar-refractivity contribution in [3.05, 3.63) is 378 Å². The lowest BCUT2D eigenvalue weighted by molar-refractivity contribution is 0.294. The molecule has 22 aromatic rings. The molecular formula is C137H164N2S6. The Bertz CT molecular complexity index is 7310.